The second-order valence-electron chi connectivity index (χ2n) is 7.62. The third-order valence-corrected chi connectivity index (χ3v) is 5.56. The summed E-state index contributed by atoms with van der Waals surface area (Å²) in [5, 5.41) is 15.7. The van der Waals surface area contributed by atoms with Crippen molar-refractivity contribution < 1.29 is 14.3 Å². The SMILES string of the molecule is COc1nn(CC2CCO2)cc1C(=O)Nc1cccc(-c2nnc3n2[C@@H](C)CC3)n1. The third-order valence-electron chi connectivity index (χ3n) is 5.56. The molecule has 1 amide bonds. The number of carbonyl (C=O) groups excluding carboxylic acids is 1. The van der Waals surface area contributed by atoms with E-state index in [9.17, 15) is 4.79 Å². The number of ether oxygens (including phenoxy) is 2. The average molecular weight is 409 g/mol. The lowest BCUT2D eigenvalue weighted by molar-refractivity contribution is -0.0610. The maximum atomic E-state index is 12.9. The van der Waals surface area contributed by atoms with Gasteiger partial charge >= 0.3 is 0 Å². The van der Waals surface area contributed by atoms with Crippen molar-refractivity contribution in [2.75, 3.05) is 19.0 Å². The van der Waals surface area contributed by atoms with Crippen LogP contribution in [-0.2, 0) is 17.7 Å². The number of anilines is 1. The van der Waals surface area contributed by atoms with E-state index in [1.165, 1.54) is 7.11 Å². The molecule has 2 aliphatic rings. The maximum Gasteiger partial charge on any atom is 0.263 e. The minimum absolute atomic E-state index is 0.135. The molecule has 0 spiro atoms. The summed E-state index contributed by atoms with van der Waals surface area (Å²) < 4.78 is 14.5. The van der Waals surface area contributed by atoms with Crippen LogP contribution in [0.25, 0.3) is 11.5 Å². The van der Waals surface area contributed by atoms with Gasteiger partial charge in [-0.1, -0.05) is 6.07 Å². The Balaban J connectivity index is 1.36. The average Bonchev–Trinajstić information content (AvgIpc) is 3.41. The molecule has 3 aromatic rings. The number of aromatic nitrogens is 6. The van der Waals surface area contributed by atoms with E-state index in [-0.39, 0.29) is 17.9 Å². The van der Waals surface area contributed by atoms with E-state index in [1.807, 2.05) is 12.1 Å². The summed E-state index contributed by atoms with van der Waals surface area (Å²) in [5.74, 6) is 2.06. The molecule has 156 valence electrons. The van der Waals surface area contributed by atoms with Gasteiger partial charge in [0.2, 0.25) is 5.88 Å². The van der Waals surface area contributed by atoms with E-state index in [0.29, 0.717) is 29.7 Å². The smallest absolute Gasteiger partial charge is 0.263 e. The highest BCUT2D eigenvalue weighted by Gasteiger charge is 2.26. The monoisotopic (exact) mass is 409 g/mol. The molecule has 10 nitrogen and oxygen atoms in total. The number of amides is 1. The van der Waals surface area contributed by atoms with E-state index in [0.717, 1.165) is 37.5 Å². The van der Waals surface area contributed by atoms with Gasteiger partial charge in [0.05, 0.1) is 19.8 Å². The first-order chi connectivity index (χ1) is 14.6. The van der Waals surface area contributed by atoms with E-state index in [1.54, 1.807) is 16.9 Å². The molecule has 1 saturated heterocycles. The minimum atomic E-state index is -0.336. The van der Waals surface area contributed by atoms with E-state index < -0.39 is 0 Å². The first-order valence-corrected chi connectivity index (χ1v) is 10.1. The summed E-state index contributed by atoms with van der Waals surface area (Å²) in [6.45, 7) is 3.51. The van der Waals surface area contributed by atoms with Gasteiger partial charge in [0.15, 0.2) is 5.82 Å². The molecule has 5 heterocycles. The van der Waals surface area contributed by atoms with E-state index >= 15 is 0 Å². The van der Waals surface area contributed by atoms with Gasteiger partial charge in [0, 0.05) is 25.3 Å². The third kappa shape index (κ3) is 3.32. The predicted octanol–water partition coefficient (Wildman–Crippen LogP) is 2.09. The van der Waals surface area contributed by atoms with Crippen LogP contribution in [0.1, 0.15) is 42.0 Å². The number of hydrogen-bond acceptors (Lipinski definition) is 7. The number of aryl methyl sites for hydroxylation is 1. The molecule has 1 N–H and O–H groups in total. The van der Waals surface area contributed by atoms with Crippen molar-refractivity contribution in [3.63, 3.8) is 0 Å². The van der Waals surface area contributed by atoms with Crippen molar-refractivity contribution in [2.45, 2.75) is 44.9 Å². The molecule has 30 heavy (non-hydrogen) atoms. The lowest BCUT2D eigenvalue weighted by Gasteiger charge is -2.25. The molecular formula is C20H23N7O3. The van der Waals surface area contributed by atoms with Gasteiger partial charge in [0.25, 0.3) is 5.91 Å². The van der Waals surface area contributed by atoms with Crippen molar-refractivity contribution >= 4 is 11.7 Å². The number of fused-ring (bicyclic) bond motifs is 1. The summed E-state index contributed by atoms with van der Waals surface area (Å²) in [5.41, 5.74) is 1.02. The Labute approximate surface area is 173 Å². The summed E-state index contributed by atoms with van der Waals surface area (Å²) in [4.78, 5) is 17.4. The van der Waals surface area contributed by atoms with Crippen molar-refractivity contribution in [3.8, 4) is 17.4 Å². The molecule has 2 aliphatic heterocycles. The topological polar surface area (TPSA) is 109 Å². The van der Waals surface area contributed by atoms with Gasteiger partial charge < -0.3 is 19.4 Å². The molecule has 0 bridgehead atoms. The quantitative estimate of drug-likeness (QED) is 0.664. The Morgan fingerprint density at radius 2 is 2.20 bits per heavy atom. The normalized spacial score (nSPS) is 19.9. The predicted molar refractivity (Wildman–Crippen MR) is 107 cm³/mol. The Kier molecular flexibility index (Phi) is 4.70. The molecule has 0 radical (unpaired) electrons. The second kappa shape index (κ2) is 7.52. The molecule has 1 fully saturated rings. The highest BCUT2D eigenvalue weighted by atomic mass is 16.5. The Morgan fingerprint density at radius 1 is 1.33 bits per heavy atom. The number of methoxy groups -OCH3 is 1. The summed E-state index contributed by atoms with van der Waals surface area (Å²) >= 11 is 0. The largest absolute Gasteiger partial charge is 0.479 e. The zero-order valence-electron chi connectivity index (χ0n) is 16.9. The number of nitrogens with zero attached hydrogens (tertiary/aromatic N) is 6. The molecule has 2 atom stereocenters. The van der Waals surface area contributed by atoms with E-state index in [4.69, 9.17) is 9.47 Å². The molecule has 10 heteroatoms. The van der Waals surface area contributed by atoms with Gasteiger partial charge in [-0.3, -0.25) is 9.48 Å². The van der Waals surface area contributed by atoms with Gasteiger partial charge in [-0.05, 0) is 31.9 Å². The highest BCUT2D eigenvalue weighted by Crippen LogP contribution is 2.30. The number of pyridine rings is 1. The molecule has 0 aliphatic carbocycles. The molecular weight excluding hydrogens is 386 g/mol. The van der Waals surface area contributed by atoms with Crippen molar-refractivity contribution in [1.82, 2.24) is 29.5 Å². The van der Waals surface area contributed by atoms with Gasteiger partial charge in [-0.25, -0.2) is 4.98 Å². The Bertz CT molecular complexity index is 1090. The molecule has 0 aromatic carbocycles. The number of nitrogens with one attached hydrogen (secondary N) is 1. The fraction of sp³-hybridized carbons (Fsp3) is 0.450. The van der Waals surface area contributed by atoms with Crippen LogP contribution in [0, 0.1) is 0 Å². The summed E-state index contributed by atoms with van der Waals surface area (Å²) in [7, 11) is 1.50. The van der Waals surface area contributed by atoms with Crippen LogP contribution in [0.3, 0.4) is 0 Å². The lowest BCUT2D eigenvalue weighted by atomic mass is 10.2. The molecule has 1 unspecified atom stereocenters. The summed E-state index contributed by atoms with van der Waals surface area (Å²) in [6.07, 6.45) is 4.76. The lowest BCUT2D eigenvalue weighted by Crippen LogP contribution is -2.31. The van der Waals surface area contributed by atoms with E-state index in [2.05, 4.69) is 37.1 Å². The van der Waals surface area contributed by atoms with Crippen molar-refractivity contribution in [2.24, 2.45) is 0 Å². The van der Waals surface area contributed by atoms with Crippen LogP contribution in [0.2, 0.25) is 0 Å². The number of rotatable bonds is 6. The van der Waals surface area contributed by atoms with Crippen LogP contribution in [0.4, 0.5) is 5.82 Å². The van der Waals surface area contributed by atoms with Gasteiger partial charge in [-0.2, -0.15) is 0 Å². The second-order valence-corrected chi connectivity index (χ2v) is 7.62. The van der Waals surface area contributed by atoms with Crippen LogP contribution in [0.15, 0.2) is 24.4 Å². The van der Waals surface area contributed by atoms with Gasteiger partial charge in [-0.15, -0.1) is 15.3 Å². The zero-order valence-corrected chi connectivity index (χ0v) is 16.9. The minimum Gasteiger partial charge on any atom is -0.479 e. The molecule has 5 rings (SSSR count). The fourth-order valence-corrected chi connectivity index (χ4v) is 3.85. The highest BCUT2D eigenvalue weighted by molar-refractivity contribution is 6.05. The van der Waals surface area contributed by atoms with Crippen molar-refractivity contribution in [1.29, 1.82) is 0 Å². The first-order valence-electron chi connectivity index (χ1n) is 10.1. The fourth-order valence-electron chi connectivity index (χ4n) is 3.85. The molecule has 0 saturated carbocycles. The summed E-state index contributed by atoms with van der Waals surface area (Å²) in [6, 6.07) is 5.79. The standard InChI is InChI=1S/C20H23N7O3/c1-12-6-7-17-23-24-18(27(12)17)15-4-3-5-16(21-15)22-19(28)14-11-26(25-20(14)29-2)10-13-8-9-30-13/h3-5,11-13H,6-10H2,1-2H3,(H,21,22,28)/t12-,13?/m0/s1. The molecule has 3 aromatic heterocycles. The van der Waals surface area contributed by atoms with Crippen LogP contribution >= 0.6 is 0 Å². The number of carbonyl (C=O) groups is 1. The number of hydrogen-bond donors (Lipinski definition) is 1. The van der Waals surface area contributed by atoms with Crippen molar-refractivity contribution in [3.05, 3.63) is 35.8 Å². The maximum absolute atomic E-state index is 12.9. The zero-order chi connectivity index (χ0) is 20.7. The van der Waals surface area contributed by atoms with Gasteiger partial charge in [0.1, 0.15) is 22.9 Å². The van der Waals surface area contributed by atoms with Crippen LogP contribution < -0.4 is 10.1 Å². The Hall–Kier alpha value is -3.27. The van der Waals surface area contributed by atoms with Crippen LogP contribution in [0.5, 0.6) is 5.88 Å². The Morgan fingerprint density at radius 3 is 2.97 bits per heavy atom. The van der Waals surface area contributed by atoms with Crippen LogP contribution in [-0.4, -0.2) is 55.3 Å². The first kappa shape index (κ1) is 18.7.